The van der Waals surface area contributed by atoms with E-state index >= 15 is 0 Å². The third kappa shape index (κ3) is 5.46. The first-order valence-corrected chi connectivity index (χ1v) is 5.91. The zero-order valence-electron chi connectivity index (χ0n) is 11.3. The summed E-state index contributed by atoms with van der Waals surface area (Å²) in [6.45, 7) is 0. The molecule has 0 saturated heterocycles. The number of hydrogen-bond acceptors (Lipinski definition) is 2. The molecule has 0 aliphatic carbocycles. The molecule has 0 amide bonds. The van der Waals surface area contributed by atoms with E-state index in [0.717, 1.165) is 0 Å². The van der Waals surface area contributed by atoms with Crippen LogP contribution in [0.2, 0.25) is 0 Å². The van der Waals surface area contributed by atoms with Gasteiger partial charge in [-0.05, 0) is 12.2 Å². The maximum atomic E-state index is 12.7. The summed E-state index contributed by atoms with van der Waals surface area (Å²) in [7, 11) is 0. The van der Waals surface area contributed by atoms with Gasteiger partial charge in [-0.3, -0.25) is 4.79 Å². The Morgan fingerprint density at radius 2 is 1.54 bits per heavy atom. The van der Waals surface area contributed by atoms with Gasteiger partial charge in [0.05, 0.1) is 0 Å². The van der Waals surface area contributed by atoms with Crippen molar-refractivity contribution in [3.05, 3.63) is 47.8 Å². The summed E-state index contributed by atoms with van der Waals surface area (Å²) < 4.78 is 115. The second kappa shape index (κ2) is 6.73. The maximum Gasteiger partial charge on any atom is 0.454 e. The Balaban J connectivity index is 3.00. The van der Waals surface area contributed by atoms with Gasteiger partial charge in [-0.1, -0.05) is 24.3 Å². The van der Waals surface area contributed by atoms with Crippen molar-refractivity contribution >= 4 is 5.78 Å². The molecule has 1 heterocycles. The molecule has 0 radical (unpaired) electrons. The molecule has 0 bridgehead atoms. The average Bonchev–Trinajstić information content (AvgIpc) is 2.40. The molecule has 0 N–H and O–H groups in total. The molecule has 0 saturated carbocycles. The fourth-order valence-corrected chi connectivity index (χ4v) is 1.46. The van der Waals surface area contributed by atoms with Gasteiger partial charge in [0, 0.05) is 5.57 Å². The number of carbonyl (C=O) groups is 1. The van der Waals surface area contributed by atoms with Crippen LogP contribution >= 0.6 is 0 Å². The molecule has 24 heavy (non-hydrogen) atoms. The second-order valence-electron chi connectivity index (χ2n) is 4.32. The van der Waals surface area contributed by atoms with Gasteiger partial charge in [-0.15, -0.1) is 0 Å². The Hall–Kier alpha value is -2.20. The SMILES string of the molecule is O=C(/C=C/C=C/C1=CC=C(C(F)(F)F)OC1C(F)(F)F)C(F)(F)F. The minimum atomic E-state index is -5.19. The van der Waals surface area contributed by atoms with E-state index in [1.54, 1.807) is 0 Å². The van der Waals surface area contributed by atoms with Crippen LogP contribution in [0.5, 0.6) is 0 Å². The van der Waals surface area contributed by atoms with Gasteiger partial charge in [-0.2, -0.15) is 39.5 Å². The Morgan fingerprint density at radius 1 is 0.958 bits per heavy atom. The van der Waals surface area contributed by atoms with Crippen LogP contribution in [0.25, 0.3) is 0 Å². The number of ether oxygens (including phenoxy) is 1. The van der Waals surface area contributed by atoms with E-state index < -0.39 is 41.7 Å². The topological polar surface area (TPSA) is 26.3 Å². The Kier molecular flexibility index (Phi) is 5.57. The first kappa shape index (κ1) is 19.8. The molecule has 0 aromatic rings. The molecule has 0 spiro atoms. The molecule has 1 unspecified atom stereocenters. The van der Waals surface area contributed by atoms with Gasteiger partial charge in [0.25, 0.3) is 5.78 Å². The van der Waals surface area contributed by atoms with Crippen molar-refractivity contribution < 1.29 is 49.0 Å². The van der Waals surface area contributed by atoms with Crippen LogP contribution in [0.15, 0.2) is 47.8 Å². The minimum absolute atomic E-state index is 0.0559. The zero-order chi connectivity index (χ0) is 18.8. The van der Waals surface area contributed by atoms with Crippen molar-refractivity contribution in [1.82, 2.24) is 0 Å². The molecule has 1 rings (SSSR count). The van der Waals surface area contributed by atoms with Crippen molar-refractivity contribution in [2.75, 3.05) is 0 Å². The highest BCUT2D eigenvalue weighted by molar-refractivity contribution is 5.94. The molecule has 134 valence electrons. The van der Waals surface area contributed by atoms with Crippen LogP contribution in [0.4, 0.5) is 39.5 Å². The smallest absolute Gasteiger partial charge is 0.454 e. The lowest BCUT2D eigenvalue weighted by atomic mass is 10.1. The van der Waals surface area contributed by atoms with Crippen LogP contribution in [0, 0.1) is 0 Å². The molecule has 0 aromatic carbocycles. The van der Waals surface area contributed by atoms with Crippen LogP contribution in [0.3, 0.4) is 0 Å². The van der Waals surface area contributed by atoms with E-state index in [-0.39, 0.29) is 12.2 Å². The van der Waals surface area contributed by atoms with E-state index in [2.05, 4.69) is 4.74 Å². The predicted octanol–water partition coefficient (Wildman–Crippen LogP) is 4.56. The summed E-state index contributed by atoms with van der Waals surface area (Å²) in [4.78, 5) is 10.5. The lowest BCUT2D eigenvalue weighted by molar-refractivity contribution is -0.218. The second-order valence-corrected chi connectivity index (χ2v) is 4.32. The molecule has 0 aromatic heterocycles. The van der Waals surface area contributed by atoms with Crippen molar-refractivity contribution in [2.24, 2.45) is 0 Å². The Labute approximate surface area is 128 Å². The van der Waals surface area contributed by atoms with Gasteiger partial charge < -0.3 is 4.74 Å². The number of ketones is 1. The summed E-state index contributed by atoms with van der Waals surface area (Å²) in [6, 6.07) is 0. The molecule has 1 aliphatic heterocycles. The van der Waals surface area contributed by atoms with Crippen molar-refractivity contribution in [3.63, 3.8) is 0 Å². The predicted molar refractivity (Wildman–Crippen MR) is 62.5 cm³/mol. The summed E-state index contributed by atoms with van der Waals surface area (Å²) in [6.07, 6.45) is -15.9. The lowest BCUT2D eigenvalue weighted by Gasteiger charge is -2.27. The van der Waals surface area contributed by atoms with Crippen molar-refractivity contribution in [3.8, 4) is 0 Å². The normalized spacial score (nSPS) is 20.1. The zero-order valence-corrected chi connectivity index (χ0v) is 11.3. The molecule has 1 atom stereocenters. The average molecular weight is 366 g/mol. The standard InChI is InChI=1S/C13H7F9O2/c14-11(15,16)8(23)4-2-1-3-7-5-6-9(12(17,18)19)24-10(7)13(20,21)22/h1-6,10H/b3-1+,4-2+. The first-order valence-electron chi connectivity index (χ1n) is 5.91. The number of hydrogen-bond donors (Lipinski definition) is 0. The van der Waals surface area contributed by atoms with Gasteiger partial charge in [0.1, 0.15) is 0 Å². The fourth-order valence-electron chi connectivity index (χ4n) is 1.46. The number of allylic oxidation sites excluding steroid dienone is 6. The molecule has 11 heteroatoms. The number of halogens is 9. The highest BCUT2D eigenvalue weighted by Gasteiger charge is 2.49. The van der Waals surface area contributed by atoms with Crippen molar-refractivity contribution in [1.29, 1.82) is 0 Å². The largest absolute Gasteiger partial charge is 0.471 e. The number of alkyl halides is 9. The number of rotatable bonds is 3. The maximum absolute atomic E-state index is 12.7. The van der Waals surface area contributed by atoms with E-state index in [0.29, 0.717) is 24.3 Å². The summed E-state index contributed by atoms with van der Waals surface area (Å²) in [5.41, 5.74) is -0.778. The van der Waals surface area contributed by atoms with Crippen LogP contribution < -0.4 is 0 Å². The lowest BCUT2D eigenvalue weighted by Crippen LogP contribution is -2.36. The van der Waals surface area contributed by atoms with E-state index in [4.69, 9.17) is 0 Å². The molecular formula is C13H7F9O2. The quantitative estimate of drug-likeness (QED) is 0.416. The third-order valence-corrected chi connectivity index (χ3v) is 2.48. The Morgan fingerprint density at radius 3 is 2.00 bits per heavy atom. The molecule has 0 fully saturated rings. The summed E-state index contributed by atoms with van der Waals surface area (Å²) in [5.74, 6) is -4.10. The van der Waals surface area contributed by atoms with Crippen LogP contribution in [-0.2, 0) is 9.53 Å². The van der Waals surface area contributed by atoms with Crippen LogP contribution in [0.1, 0.15) is 0 Å². The van der Waals surface area contributed by atoms with E-state index in [1.807, 2.05) is 0 Å². The van der Waals surface area contributed by atoms with Crippen molar-refractivity contribution in [2.45, 2.75) is 24.6 Å². The molecule has 1 aliphatic rings. The monoisotopic (exact) mass is 366 g/mol. The first-order chi connectivity index (χ1) is 10.7. The minimum Gasteiger partial charge on any atom is -0.471 e. The van der Waals surface area contributed by atoms with E-state index in [1.165, 1.54) is 0 Å². The van der Waals surface area contributed by atoms with Gasteiger partial charge in [-0.25, -0.2) is 0 Å². The number of carbonyl (C=O) groups excluding carboxylic acids is 1. The van der Waals surface area contributed by atoms with Gasteiger partial charge >= 0.3 is 18.5 Å². The highest BCUT2D eigenvalue weighted by atomic mass is 19.4. The molecule has 2 nitrogen and oxygen atoms in total. The fraction of sp³-hybridized carbons (Fsp3) is 0.308. The van der Waals surface area contributed by atoms with Crippen LogP contribution in [-0.4, -0.2) is 30.4 Å². The van der Waals surface area contributed by atoms with Gasteiger partial charge in [0.2, 0.25) is 11.9 Å². The van der Waals surface area contributed by atoms with E-state index in [9.17, 15) is 44.3 Å². The highest BCUT2D eigenvalue weighted by Crippen LogP contribution is 2.38. The molecular weight excluding hydrogens is 359 g/mol. The summed E-state index contributed by atoms with van der Waals surface area (Å²) >= 11 is 0. The Bertz CT molecular complexity index is 600. The van der Waals surface area contributed by atoms with Gasteiger partial charge in [0.15, 0.2) is 0 Å². The third-order valence-electron chi connectivity index (χ3n) is 2.48. The summed E-state index contributed by atoms with van der Waals surface area (Å²) in [5, 5.41) is 0.